The number of carbonyl (C=O) groups excluding carboxylic acids is 1. The molecule has 0 unspecified atom stereocenters. The van der Waals surface area contributed by atoms with Gasteiger partial charge >= 0.3 is 0 Å². The Hall–Kier alpha value is -3.69. The largest absolute Gasteiger partial charge is 0.504 e. The van der Waals surface area contributed by atoms with E-state index in [9.17, 15) is 18.3 Å². The molecule has 0 fully saturated rings. The number of ether oxygens (including phenoxy) is 1. The van der Waals surface area contributed by atoms with E-state index >= 15 is 0 Å². The number of rotatable bonds is 10. The lowest BCUT2D eigenvalue weighted by molar-refractivity contribution is -0.121. The molecule has 0 aliphatic rings. The Kier molecular flexibility index (Phi) is 8.39. The number of amides is 1. The summed E-state index contributed by atoms with van der Waals surface area (Å²) in [7, 11) is -3.94. The highest BCUT2D eigenvalue weighted by atomic mass is 32.2. The zero-order valence-corrected chi connectivity index (χ0v) is 19.8. The molecule has 178 valence electrons. The van der Waals surface area contributed by atoms with Crippen LogP contribution in [0.2, 0.25) is 0 Å². The van der Waals surface area contributed by atoms with Gasteiger partial charge in [0.15, 0.2) is 11.5 Å². The summed E-state index contributed by atoms with van der Waals surface area (Å²) in [6.45, 7) is 3.71. The zero-order chi connectivity index (χ0) is 24.6. The van der Waals surface area contributed by atoms with Gasteiger partial charge in [0.2, 0.25) is 10.0 Å². The van der Waals surface area contributed by atoms with Crippen LogP contribution in [0.3, 0.4) is 0 Å². The number of carbonyl (C=O) groups is 1. The Morgan fingerprint density at radius 3 is 2.44 bits per heavy atom. The highest BCUT2D eigenvalue weighted by Crippen LogP contribution is 2.28. The van der Waals surface area contributed by atoms with Crippen molar-refractivity contribution in [3.05, 3.63) is 89.5 Å². The molecule has 0 bridgehead atoms. The molecule has 8 nitrogen and oxygen atoms in total. The standard InChI is InChI=1S/C25H27N3O5S/c1-3-33-23-11-7-8-21(25(23)30)16-26-27-24(29)18-28(17-20-14-12-19(2)13-15-20)34(31,32)22-9-5-4-6-10-22/h4-16,30H,3,17-18H2,1-2H3,(H,27,29)/b26-16-. The minimum atomic E-state index is -3.94. The number of hydrazone groups is 1. The Morgan fingerprint density at radius 2 is 1.76 bits per heavy atom. The Bertz CT molecular complexity index is 1240. The molecule has 0 saturated heterocycles. The van der Waals surface area contributed by atoms with Gasteiger partial charge < -0.3 is 9.84 Å². The van der Waals surface area contributed by atoms with Gasteiger partial charge in [-0.2, -0.15) is 9.41 Å². The minimum Gasteiger partial charge on any atom is -0.504 e. The highest BCUT2D eigenvalue weighted by molar-refractivity contribution is 7.89. The van der Waals surface area contributed by atoms with Crippen LogP contribution in [-0.2, 0) is 21.4 Å². The fourth-order valence-electron chi connectivity index (χ4n) is 3.15. The summed E-state index contributed by atoms with van der Waals surface area (Å²) in [6.07, 6.45) is 1.27. The molecule has 2 N–H and O–H groups in total. The van der Waals surface area contributed by atoms with Gasteiger partial charge in [0, 0.05) is 12.1 Å². The van der Waals surface area contributed by atoms with Gasteiger partial charge in [-0.3, -0.25) is 4.79 Å². The lowest BCUT2D eigenvalue weighted by atomic mass is 10.1. The number of nitrogens with zero attached hydrogens (tertiary/aromatic N) is 2. The van der Waals surface area contributed by atoms with E-state index in [0.717, 1.165) is 15.4 Å². The number of sulfonamides is 1. The number of phenolic OH excluding ortho intramolecular Hbond substituents is 1. The topological polar surface area (TPSA) is 108 Å². The third-order valence-corrected chi connectivity index (χ3v) is 6.71. The average Bonchev–Trinajstić information content (AvgIpc) is 2.83. The summed E-state index contributed by atoms with van der Waals surface area (Å²) < 4.78 is 32.9. The van der Waals surface area contributed by atoms with Gasteiger partial charge in [-0.1, -0.05) is 54.1 Å². The number of nitrogens with one attached hydrogen (secondary N) is 1. The normalized spacial score (nSPS) is 11.6. The maximum atomic E-state index is 13.2. The molecule has 0 spiro atoms. The second-order valence-electron chi connectivity index (χ2n) is 7.49. The molecule has 0 aliphatic heterocycles. The van der Waals surface area contributed by atoms with E-state index < -0.39 is 22.5 Å². The summed E-state index contributed by atoms with van der Waals surface area (Å²) in [5.41, 5.74) is 4.47. The van der Waals surface area contributed by atoms with Gasteiger partial charge in [0.05, 0.1) is 24.3 Å². The second kappa shape index (κ2) is 11.4. The van der Waals surface area contributed by atoms with Crippen molar-refractivity contribution in [2.45, 2.75) is 25.3 Å². The van der Waals surface area contributed by atoms with E-state index in [2.05, 4.69) is 10.5 Å². The first-order chi connectivity index (χ1) is 16.3. The van der Waals surface area contributed by atoms with Gasteiger partial charge in [-0.15, -0.1) is 0 Å². The van der Waals surface area contributed by atoms with Crippen LogP contribution < -0.4 is 10.2 Å². The maximum Gasteiger partial charge on any atom is 0.255 e. The quantitative estimate of drug-likeness (QED) is 0.341. The molecule has 34 heavy (non-hydrogen) atoms. The average molecular weight is 482 g/mol. The molecule has 0 heterocycles. The number of phenols is 1. The van der Waals surface area contributed by atoms with Crippen molar-refractivity contribution in [1.82, 2.24) is 9.73 Å². The third-order valence-electron chi connectivity index (χ3n) is 4.90. The Morgan fingerprint density at radius 1 is 1.06 bits per heavy atom. The van der Waals surface area contributed by atoms with E-state index in [4.69, 9.17) is 4.74 Å². The summed E-state index contributed by atoms with van der Waals surface area (Å²) in [5, 5.41) is 14.1. The van der Waals surface area contributed by atoms with Crippen molar-refractivity contribution in [1.29, 1.82) is 0 Å². The van der Waals surface area contributed by atoms with Crippen LogP contribution in [0.15, 0.2) is 82.8 Å². The number of hydrogen-bond acceptors (Lipinski definition) is 6. The van der Waals surface area contributed by atoms with Gasteiger partial charge in [-0.25, -0.2) is 13.8 Å². The van der Waals surface area contributed by atoms with Crippen LogP contribution in [0.25, 0.3) is 0 Å². The van der Waals surface area contributed by atoms with E-state index in [1.807, 2.05) is 31.2 Å². The second-order valence-corrected chi connectivity index (χ2v) is 9.43. The van der Waals surface area contributed by atoms with Gasteiger partial charge in [0.25, 0.3) is 5.91 Å². The predicted molar refractivity (Wildman–Crippen MR) is 130 cm³/mol. The maximum absolute atomic E-state index is 13.2. The summed E-state index contributed by atoms with van der Waals surface area (Å²) in [6, 6.07) is 20.3. The first-order valence-electron chi connectivity index (χ1n) is 10.7. The zero-order valence-electron chi connectivity index (χ0n) is 19.0. The number of aromatic hydroxyl groups is 1. The van der Waals surface area contributed by atoms with Crippen LogP contribution in [0.5, 0.6) is 11.5 Å². The summed E-state index contributed by atoms with van der Waals surface area (Å²) >= 11 is 0. The van der Waals surface area contributed by atoms with E-state index in [1.54, 1.807) is 43.3 Å². The molecular formula is C25H27N3O5S. The molecular weight excluding hydrogens is 454 g/mol. The monoisotopic (exact) mass is 481 g/mol. The first kappa shape index (κ1) is 24.9. The van der Waals surface area contributed by atoms with Crippen molar-refractivity contribution in [2.24, 2.45) is 5.10 Å². The van der Waals surface area contributed by atoms with Crippen LogP contribution in [0, 0.1) is 6.92 Å². The number of hydrogen-bond donors (Lipinski definition) is 2. The predicted octanol–water partition coefficient (Wildman–Crippen LogP) is 3.44. The number of benzene rings is 3. The fourth-order valence-corrected chi connectivity index (χ4v) is 4.55. The van der Waals surface area contributed by atoms with Gasteiger partial charge in [-0.05, 0) is 43.7 Å². The lowest BCUT2D eigenvalue weighted by Crippen LogP contribution is -2.39. The summed E-state index contributed by atoms with van der Waals surface area (Å²) in [5.74, 6) is -0.422. The van der Waals surface area contributed by atoms with E-state index in [1.165, 1.54) is 18.3 Å². The highest BCUT2D eigenvalue weighted by Gasteiger charge is 2.26. The van der Waals surface area contributed by atoms with Crippen molar-refractivity contribution >= 4 is 22.1 Å². The van der Waals surface area contributed by atoms with Crippen LogP contribution in [0.4, 0.5) is 0 Å². The van der Waals surface area contributed by atoms with Crippen LogP contribution in [-0.4, -0.2) is 43.1 Å². The molecule has 9 heteroatoms. The van der Waals surface area contributed by atoms with Crippen molar-refractivity contribution in [3.8, 4) is 11.5 Å². The van der Waals surface area contributed by atoms with Crippen molar-refractivity contribution < 1.29 is 23.1 Å². The van der Waals surface area contributed by atoms with E-state index in [0.29, 0.717) is 17.9 Å². The minimum absolute atomic E-state index is 0.0197. The van der Waals surface area contributed by atoms with Crippen molar-refractivity contribution in [3.63, 3.8) is 0 Å². The van der Waals surface area contributed by atoms with Gasteiger partial charge in [0.1, 0.15) is 0 Å². The molecule has 3 aromatic carbocycles. The fraction of sp³-hybridized carbons (Fsp3) is 0.200. The number of para-hydroxylation sites is 1. The molecule has 0 aliphatic carbocycles. The first-order valence-corrected chi connectivity index (χ1v) is 12.1. The molecule has 3 rings (SSSR count). The number of aryl methyl sites for hydroxylation is 1. The molecule has 0 atom stereocenters. The molecule has 3 aromatic rings. The van der Waals surface area contributed by atoms with Crippen LogP contribution >= 0.6 is 0 Å². The summed E-state index contributed by atoms with van der Waals surface area (Å²) in [4.78, 5) is 12.7. The Labute approximate surface area is 199 Å². The molecule has 0 saturated carbocycles. The lowest BCUT2D eigenvalue weighted by Gasteiger charge is -2.21. The smallest absolute Gasteiger partial charge is 0.255 e. The van der Waals surface area contributed by atoms with Crippen LogP contribution in [0.1, 0.15) is 23.6 Å². The molecule has 1 amide bonds. The molecule has 0 aromatic heterocycles. The van der Waals surface area contributed by atoms with E-state index in [-0.39, 0.29) is 17.2 Å². The van der Waals surface area contributed by atoms with Crippen molar-refractivity contribution in [2.75, 3.05) is 13.2 Å². The third kappa shape index (κ3) is 6.43. The Balaban J connectivity index is 1.76. The molecule has 0 radical (unpaired) electrons. The SMILES string of the molecule is CCOc1cccc(/C=N\NC(=O)CN(Cc2ccc(C)cc2)S(=O)(=O)c2ccccc2)c1O.